The van der Waals surface area contributed by atoms with E-state index in [1.54, 1.807) is 13.3 Å². The minimum absolute atomic E-state index is 0.549. The van der Waals surface area contributed by atoms with Crippen LogP contribution >= 0.6 is 0 Å². The Kier molecular flexibility index (Phi) is 3.65. The van der Waals surface area contributed by atoms with Crippen molar-refractivity contribution >= 4 is 5.82 Å². The van der Waals surface area contributed by atoms with E-state index in [9.17, 15) is 0 Å². The molecule has 0 spiro atoms. The fraction of sp³-hybridized carbons (Fsp3) is 0.615. The number of nitrogens with zero attached hydrogens (tertiary/aromatic N) is 1. The number of pyridine rings is 1. The zero-order valence-corrected chi connectivity index (χ0v) is 10.1. The van der Waals surface area contributed by atoms with Crippen molar-refractivity contribution < 1.29 is 4.74 Å². The fourth-order valence-electron chi connectivity index (χ4n) is 2.42. The first-order valence-electron chi connectivity index (χ1n) is 6.05. The summed E-state index contributed by atoms with van der Waals surface area (Å²) in [5, 5.41) is 3.49. The SMILES string of the molecule is COc1cccnc1NC1CCCC(C)C1. The Hall–Kier alpha value is -1.25. The molecule has 3 heteroatoms. The lowest BCUT2D eigenvalue weighted by atomic mass is 9.87. The summed E-state index contributed by atoms with van der Waals surface area (Å²) in [7, 11) is 1.69. The van der Waals surface area contributed by atoms with Crippen LogP contribution in [0.15, 0.2) is 18.3 Å². The predicted molar refractivity (Wildman–Crippen MR) is 65.8 cm³/mol. The third kappa shape index (κ3) is 2.65. The summed E-state index contributed by atoms with van der Waals surface area (Å²) >= 11 is 0. The molecule has 0 saturated heterocycles. The van der Waals surface area contributed by atoms with E-state index in [1.165, 1.54) is 25.7 Å². The molecule has 3 nitrogen and oxygen atoms in total. The maximum Gasteiger partial charge on any atom is 0.168 e. The van der Waals surface area contributed by atoms with Gasteiger partial charge in [0, 0.05) is 12.2 Å². The number of anilines is 1. The Morgan fingerprint density at radius 2 is 2.31 bits per heavy atom. The Morgan fingerprint density at radius 1 is 1.44 bits per heavy atom. The summed E-state index contributed by atoms with van der Waals surface area (Å²) < 4.78 is 5.29. The molecule has 2 rings (SSSR count). The zero-order chi connectivity index (χ0) is 11.4. The lowest BCUT2D eigenvalue weighted by molar-refractivity contribution is 0.356. The van der Waals surface area contributed by atoms with E-state index >= 15 is 0 Å². The van der Waals surface area contributed by atoms with Crippen molar-refractivity contribution in [2.75, 3.05) is 12.4 Å². The topological polar surface area (TPSA) is 34.1 Å². The van der Waals surface area contributed by atoms with Crippen LogP contribution in [-0.4, -0.2) is 18.1 Å². The molecule has 2 atom stereocenters. The smallest absolute Gasteiger partial charge is 0.168 e. The Balaban J connectivity index is 2.02. The van der Waals surface area contributed by atoms with Gasteiger partial charge in [-0.15, -0.1) is 0 Å². The van der Waals surface area contributed by atoms with Gasteiger partial charge in [-0.2, -0.15) is 0 Å². The highest BCUT2D eigenvalue weighted by atomic mass is 16.5. The Labute approximate surface area is 97.2 Å². The van der Waals surface area contributed by atoms with Crippen LogP contribution in [0.1, 0.15) is 32.6 Å². The Morgan fingerprint density at radius 3 is 3.06 bits per heavy atom. The first kappa shape index (κ1) is 11.2. The summed E-state index contributed by atoms with van der Waals surface area (Å²) in [6.07, 6.45) is 6.95. The fourth-order valence-corrected chi connectivity index (χ4v) is 2.42. The molecule has 1 aliphatic rings. The van der Waals surface area contributed by atoms with Crippen LogP contribution in [-0.2, 0) is 0 Å². The van der Waals surface area contributed by atoms with Crippen molar-refractivity contribution in [3.8, 4) is 5.75 Å². The van der Waals surface area contributed by atoms with Gasteiger partial charge in [0.2, 0.25) is 0 Å². The summed E-state index contributed by atoms with van der Waals surface area (Å²) in [5.74, 6) is 2.53. The van der Waals surface area contributed by atoms with E-state index < -0.39 is 0 Å². The third-order valence-corrected chi connectivity index (χ3v) is 3.27. The molecule has 2 unspecified atom stereocenters. The second-order valence-corrected chi connectivity index (χ2v) is 4.67. The molecule has 0 bridgehead atoms. The van der Waals surface area contributed by atoms with E-state index in [0.29, 0.717) is 6.04 Å². The van der Waals surface area contributed by atoms with Crippen molar-refractivity contribution in [3.63, 3.8) is 0 Å². The van der Waals surface area contributed by atoms with Gasteiger partial charge < -0.3 is 10.1 Å². The highest BCUT2D eigenvalue weighted by Gasteiger charge is 2.19. The lowest BCUT2D eigenvalue weighted by Gasteiger charge is -2.28. The van der Waals surface area contributed by atoms with E-state index in [2.05, 4.69) is 17.2 Å². The average Bonchev–Trinajstić information content (AvgIpc) is 2.30. The van der Waals surface area contributed by atoms with Gasteiger partial charge in [0.15, 0.2) is 11.6 Å². The molecule has 1 saturated carbocycles. The van der Waals surface area contributed by atoms with Gasteiger partial charge >= 0.3 is 0 Å². The van der Waals surface area contributed by atoms with Gasteiger partial charge in [-0.25, -0.2) is 4.98 Å². The Bertz CT molecular complexity index is 340. The quantitative estimate of drug-likeness (QED) is 0.850. The van der Waals surface area contributed by atoms with Crippen LogP contribution in [0.2, 0.25) is 0 Å². The molecule has 1 aromatic rings. The molecule has 1 heterocycles. The minimum atomic E-state index is 0.549. The normalized spacial score (nSPS) is 25.1. The number of nitrogens with one attached hydrogen (secondary N) is 1. The maximum atomic E-state index is 5.29. The molecule has 0 radical (unpaired) electrons. The van der Waals surface area contributed by atoms with Gasteiger partial charge in [0.1, 0.15) is 0 Å². The minimum Gasteiger partial charge on any atom is -0.493 e. The second-order valence-electron chi connectivity index (χ2n) is 4.67. The lowest BCUT2D eigenvalue weighted by Crippen LogP contribution is -2.26. The van der Waals surface area contributed by atoms with Gasteiger partial charge in [0.25, 0.3) is 0 Å². The molecular weight excluding hydrogens is 200 g/mol. The van der Waals surface area contributed by atoms with Crippen molar-refractivity contribution in [1.82, 2.24) is 4.98 Å². The summed E-state index contributed by atoms with van der Waals surface area (Å²) in [6.45, 7) is 2.32. The van der Waals surface area contributed by atoms with Crippen LogP contribution in [0.4, 0.5) is 5.82 Å². The largest absolute Gasteiger partial charge is 0.493 e. The standard InChI is InChI=1S/C13H20N2O/c1-10-5-3-6-11(9-10)15-13-12(16-2)7-4-8-14-13/h4,7-8,10-11H,3,5-6,9H2,1-2H3,(H,14,15). The molecule has 16 heavy (non-hydrogen) atoms. The highest BCUT2D eigenvalue weighted by molar-refractivity contribution is 5.50. The molecule has 0 aromatic carbocycles. The van der Waals surface area contributed by atoms with Gasteiger partial charge in [0.05, 0.1) is 7.11 Å². The number of hydrogen-bond acceptors (Lipinski definition) is 3. The molecule has 0 amide bonds. The molecule has 0 aliphatic heterocycles. The van der Waals surface area contributed by atoms with E-state index in [1.807, 2.05) is 12.1 Å². The molecule has 1 aliphatic carbocycles. The van der Waals surface area contributed by atoms with E-state index in [4.69, 9.17) is 4.74 Å². The van der Waals surface area contributed by atoms with Crippen LogP contribution in [0, 0.1) is 5.92 Å². The van der Waals surface area contributed by atoms with Crippen molar-refractivity contribution in [2.45, 2.75) is 38.6 Å². The van der Waals surface area contributed by atoms with Gasteiger partial charge in [-0.3, -0.25) is 0 Å². The summed E-state index contributed by atoms with van der Waals surface area (Å²) in [6, 6.07) is 4.39. The predicted octanol–water partition coefficient (Wildman–Crippen LogP) is 3.08. The van der Waals surface area contributed by atoms with Gasteiger partial charge in [-0.1, -0.05) is 19.8 Å². The van der Waals surface area contributed by atoms with Crippen molar-refractivity contribution in [2.24, 2.45) is 5.92 Å². The first-order chi connectivity index (χ1) is 7.79. The van der Waals surface area contributed by atoms with Crippen LogP contribution < -0.4 is 10.1 Å². The van der Waals surface area contributed by atoms with Crippen LogP contribution in [0.5, 0.6) is 5.75 Å². The monoisotopic (exact) mass is 220 g/mol. The van der Waals surface area contributed by atoms with E-state index in [-0.39, 0.29) is 0 Å². The number of rotatable bonds is 3. The molecule has 1 fully saturated rings. The number of aromatic nitrogens is 1. The molecular formula is C13H20N2O. The van der Waals surface area contributed by atoms with Crippen molar-refractivity contribution in [3.05, 3.63) is 18.3 Å². The van der Waals surface area contributed by atoms with Crippen molar-refractivity contribution in [1.29, 1.82) is 0 Å². The van der Waals surface area contributed by atoms with Crippen LogP contribution in [0.25, 0.3) is 0 Å². The third-order valence-electron chi connectivity index (χ3n) is 3.27. The molecule has 88 valence electrons. The molecule has 1 N–H and O–H groups in total. The average molecular weight is 220 g/mol. The zero-order valence-electron chi connectivity index (χ0n) is 10.1. The second kappa shape index (κ2) is 5.19. The highest BCUT2D eigenvalue weighted by Crippen LogP contribution is 2.28. The first-order valence-corrected chi connectivity index (χ1v) is 6.05. The van der Waals surface area contributed by atoms with Crippen LogP contribution in [0.3, 0.4) is 0 Å². The van der Waals surface area contributed by atoms with E-state index in [0.717, 1.165) is 17.5 Å². The number of hydrogen-bond donors (Lipinski definition) is 1. The summed E-state index contributed by atoms with van der Waals surface area (Å²) in [5.41, 5.74) is 0. The molecule has 1 aromatic heterocycles. The summed E-state index contributed by atoms with van der Waals surface area (Å²) in [4.78, 5) is 4.33. The van der Waals surface area contributed by atoms with Gasteiger partial charge in [-0.05, 0) is 30.9 Å². The number of ether oxygens (including phenoxy) is 1. The number of methoxy groups -OCH3 is 1. The maximum absolute atomic E-state index is 5.29.